The van der Waals surface area contributed by atoms with Gasteiger partial charge in [-0.05, 0) is 57.5 Å². The van der Waals surface area contributed by atoms with Gasteiger partial charge in [-0.25, -0.2) is 0 Å². The van der Waals surface area contributed by atoms with E-state index in [1.54, 1.807) is 0 Å². The summed E-state index contributed by atoms with van der Waals surface area (Å²) in [5, 5.41) is 0. The van der Waals surface area contributed by atoms with Crippen LogP contribution >= 0.6 is 0 Å². The van der Waals surface area contributed by atoms with Gasteiger partial charge in [0.2, 0.25) is 0 Å². The van der Waals surface area contributed by atoms with E-state index in [2.05, 4.69) is 53.1 Å². The fourth-order valence-electron chi connectivity index (χ4n) is 3.13. The fraction of sp³-hybridized carbons (Fsp3) is 1.00. The lowest BCUT2D eigenvalue weighted by Crippen LogP contribution is -2.45. The highest BCUT2D eigenvalue weighted by Crippen LogP contribution is 2.41. The summed E-state index contributed by atoms with van der Waals surface area (Å²) in [5.41, 5.74) is 0. The quantitative estimate of drug-likeness (QED) is 0.651. The second kappa shape index (κ2) is 6.41. The van der Waals surface area contributed by atoms with E-state index in [0.717, 1.165) is 0 Å². The largest absolute Gasteiger partial charge is 0.412 e. The maximum absolute atomic E-state index is 6.53. The summed E-state index contributed by atoms with van der Waals surface area (Å²) in [5.74, 6) is 1.39. The Kier molecular flexibility index (Phi) is 5.88. The average molecular weight is 303 g/mol. The topological polar surface area (TPSA) is 18.5 Å². The van der Waals surface area contributed by atoms with Crippen LogP contribution in [0.25, 0.3) is 0 Å². The van der Waals surface area contributed by atoms with Crippen molar-refractivity contribution in [1.29, 1.82) is 0 Å². The normalized spacial score (nSPS) is 32.8. The van der Waals surface area contributed by atoms with Crippen molar-refractivity contribution in [2.45, 2.75) is 84.6 Å². The summed E-state index contributed by atoms with van der Waals surface area (Å²) in [6.07, 6.45) is 4.41. The molecule has 0 aromatic heterocycles. The van der Waals surface area contributed by atoms with Gasteiger partial charge < -0.3 is 8.85 Å². The van der Waals surface area contributed by atoms with Gasteiger partial charge in [-0.15, -0.1) is 0 Å². The van der Waals surface area contributed by atoms with Crippen molar-refractivity contribution in [3.63, 3.8) is 0 Å². The molecule has 0 aliphatic heterocycles. The Hall–Kier alpha value is 0.354. The lowest BCUT2D eigenvalue weighted by atomic mass is 10.0. The van der Waals surface area contributed by atoms with Gasteiger partial charge in [0.1, 0.15) is 0 Å². The number of hydrogen-bond donors (Lipinski definition) is 0. The van der Waals surface area contributed by atoms with Gasteiger partial charge in [-0.3, -0.25) is 0 Å². The Bertz CT molecular complexity index is 253. The van der Waals surface area contributed by atoms with Gasteiger partial charge in [0.15, 0.2) is 16.6 Å². The molecule has 0 aromatic rings. The molecule has 4 heteroatoms. The van der Waals surface area contributed by atoms with Crippen LogP contribution in [0.4, 0.5) is 0 Å². The minimum atomic E-state index is -1.50. The molecule has 1 aliphatic rings. The zero-order chi connectivity index (χ0) is 14.8. The van der Waals surface area contributed by atoms with Crippen molar-refractivity contribution in [2.24, 2.45) is 11.8 Å². The van der Waals surface area contributed by atoms with Crippen LogP contribution in [0, 0.1) is 11.8 Å². The number of rotatable bonds is 6. The zero-order valence-corrected chi connectivity index (χ0v) is 16.2. The van der Waals surface area contributed by atoms with Crippen LogP contribution in [0.2, 0.25) is 39.3 Å². The summed E-state index contributed by atoms with van der Waals surface area (Å²) in [6, 6.07) is 0. The van der Waals surface area contributed by atoms with E-state index in [1.165, 1.54) is 19.3 Å². The first-order valence-corrected chi connectivity index (χ1v) is 14.7. The maximum Gasteiger partial charge on any atom is 0.184 e. The molecule has 0 amide bonds. The lowest BCUT2D eigenvalue weighted by Gasteiger charge is -2.36. The Morgan fingerprint density at radius 3 is 1.26 bits per heavy atom. The van der Waals surface area contributed by atoms with E-state index in [-0.39, 0.29) is 0 Å². The molecule has 1 aliphatic carbocycles. The molecule has 1 rings (SSSR count). The van der Waals surface area contributed by atoms with Crippen molar-refractivity contribution in [3.05, 3.63) is 0 Å². The second-order valence-corrected chi connectivity index (χ2v) is 16.9. The van der Waals surface area contributed by atoms with Gasteiger partial charge in [-0.2, -0.15) is 0 Å². The third kappa shape index (κ3) is 5.33. The van der Waals surface area contributed by atoms with Gasteiger partial charge >= 0.3 is 0 Å². The maximum atomic E-state index is 6.53. The van der Waals surface area contributed by atoms with Crippen LogP contribution < -0.4 is 0 Å². The highest BCUT2D eigenvalue weighted by Gasteiger charge is 2.46. The minimum absolute atomic E-state index is 0.341. The molecule has 114 valence electrons. The molecule has 1 fully saturated rings. The SMILES string of the molecule is CCC1CC(CC)C(O[Si](C)(C)C)C1O[Si](C)(C)C. The smallest absolute Gasteiger partial charge is 0.184 e. The standard InChI is InChI=1S/C15H34O2Si2/c1-9-12-11-13(10-2)15(17-19(6,7)8)14(12)16-18(3,4)5/h12-15H,9-11H2,1-8H3. The van der Waals surface area contributed by atoms with E-state index in [0.29, 0.717) is 24.0 Å². The molecule has 0 saturated heterocycles. The number of hydrogen-bond acceptors (Lipinski definition) is 2. The summed E-state index contributed by atoms with van der Waals surface area (Å²) in [4.78, 5) is 0. The summed E-state index contributed by atoms with van der Waals surface area (Å²) < 4.78 is 13.1. The van der Waals surface area contributed by atoms with Crippen LogP contribution in [0.15, 0.2) is 0 Å². The third-order valence-corrected chi connectivity index (χ3v) is 5.85. The first-order valence-electron chi connectivity index (χ1n) is 7.93. The molecule has 0 radical (unpaired) electrons. The molecule has 0 bridgehead atoms. The predicted molar refractivity (Wildman–Crippen MR) is 88.6 cm³/mol. The molecule has 2 nitrogen and oxygen atoms in total. The van der Waals surface area contributed by atoms with E-state index in [1.807, 2.05) is 0 Å². The van der Waals surface area contributed by atoms with Crippen molar-refractivity contribution >= 4 is 16.6 Å². The fourth-order valence-corrected chi connectivity index (χ4v) is 5.42. The minimum Gasteiger partial charge on any atom is -0.412 e. The monoisotopic (exact) mass is 302 g/mol. The van der Waals surface area contributed by atoms with Crippen molar-refractivity contribution in [1.82, 2.24) is 0 Å². The Balaban J connectivity index is 2.90. The Morgan fingerprint density at radius 2 is 1.05 bits per heavy atom. The molecular weight excluding hydrogens is 268 g/mol. The van der Waals surface area contributed by atoms with E-state index < -0.39 is 16.6 Å². The molecule has 0 heterocycles. The molecule has 1 saturated carbocycles. The highest BCUT2D eigenvalue weighted by atomic mass is 28.4. The Morgan fingerprint density at radius 1 is 0.737 bits per heavy atom. The first-order chi connectivity index (χ1) is 8.57. The molecular formula is C15H34O2Si2. The van der Waals surface area contributed by atoms with Crippen LogP contribution in [0.1, 0.15) is 33.1 Å². The van der Waals surface area contributed by atoms with Crippen LogP contribution in [0.3, 0.4) is 0 Å². The van der Waals surface area contributed by atoms with Gasteiger partial charge in [0.05, 0.1) is 12.2 Å². The summed E-state index contributed by atoms with van der Waals surface area (Å²) in [7, 11) is -3.01. The summed E-state index contributed by atoms with van der Waals surface area (Å²) >= 11 is 0. The van der Waals surface area contributed by atoms with Gasteiger partial charge in [-0.1, -0.05) is 26.7 Å². The predicted octanol–water partition coefficient (Wildman–Crippen LogP) is 4.88. The molecule has 4 atom stereocenters. The van der Waals surface area contributed by atoms with E-state index >= 15 is 0 Å². The Labute approximate surface area is 122 Å². The molecule has 0 N–H and O–H groups in total. The van der Waals surface area contributed by atoms with Gasteiger partial charge in [0, 0.05) is 0 Å². The van der Waals surface area contributed by atoms with E-state index in [9.17, 15) is 0 Å². The third-order valence-electron chi connectivity index (χ3n) is 3.89. The average Bonchev–Trinajstić information content (AvgIpc) is 2.52. The van der Waals surface area contributed by atoms with Crippen LogP contribution in [0.5, 0.6) is 0 Å². The van der Waals surface area contributed by atoms with Gasteiger partial charge in [0.25, 0.3) is 0 Å². The second-order valence-electron chi connectivity index (χ2n) is 7.96. The van der Waals surface area contributed by atoms with Crippen molar-refractivity contribution in [3.8, 4) is 0 Å². The van der Waals surface area contributed by atoms with Crippen molar-refractivity contribution in [2.75, 3.05) is 0 Å². The lowest BCUT2D eigenvalue weighted by molar-refractivity contribution is 0.0260. The highest BCUT2D eigenvalue weighted by molar-refractivity contribution is 6.70. The molecule has 19 heavy (non-hydrogen) atoms. The van der Waals surface area contributed by atoms with Crippen molar-refractivity contribution < 1.29 is 8.85 Å². The van der Waals surface area contributed by atoms with Crippen LogP contribution in [-0.4, -0.2) is 28.8 Å². The molecule has 4 unspecified atom stereocenters. The van der Waals surface area contributed by atoms with Crippen LogP contribution in [-0.2, 0) is 8.85 Å². The zero-order valence-electron chi connectivity index (χ0n) is 14.2. The van der Waals surface area contributed by atoms with E-state index in [4.69, 9.17) is 8.85 Å². The molecule has 0 spiro atoms. The summed E-state index contributed by atoms with van der Waals surface area (Å²) in [6.45, 7) is 18.4. The first kappa shape index (κ1) is 17.4. The molecule has 0 aromatic carbocycles.